The van der Waals surface area contributed by atoms with Gasteiger partial charge in [0.1, 0.15) is 0 Å². The highest BCUT2D eigenvalue weighted by Gasteiger charge is 2.41. The van der Waals surface area contributed by atoms with Gasteiger partial charge in [0, 0.05) is 59.8 Å². The Morgan fingerprint density at radius 2 is 1.92 bits per heavy atom. The van der Waals surface area contributed by atoms with Gasteiger partial charge in [-0.25, -0.2) is 0 Å². The number of aromatic nitrogens is 1. The average Bonchev–Trinajstić information content (AvgIpc) is 3.59. The van der Waals surface area contributed by atoms with Crippen LogP contribution in [0.4, 0.5) is 5.69 Å². The molecule has 9 nitrogen and oxygen atoms in total. The van der Waals surface area contributed by atoms with Gasteiger partial charge in [0.05, 0.1) is 19.1 Å². The Morgan fingerprint density at radius 3 is 2.72 bits per heavy atom. The highest BCUT2D eigenvalue weighted by Crippen LogP contribution is 2.53. The summed E-state index contributed by atoms with van der Waals surface area (Å²) < 4.78 is 23.0. The fourth-order valence-corrected chi connectivity index (χ4v) is 6.74. The fourth-order valence-electron chi connectivity index (χ4n) is 6.74. The van der Waals surface area contributed by atoms with Crippen molar-refractivity contribution in [3.8, 4) is 23.0 Å². The van der Waals surface area contributed by atoms with E-state index in [0.29, 0.717) is 0 Å². The van der Waals surface area contributed by atoms with Crippen molar-refractivity contribution < 1.29 is 23.9 Å². The first-order valence-electron chi connectivity index (χ1n) is 13.2. The molecule has 1 N–H and O–H groups in total. The third kappa shape index (κ3) is 3.79. The second-order valence-electron chi connectivity index (χ2n) is 10.4. The number of hydrogen-bond donors (Lipinski definition) is 1. The van der Waals surface area contributed by atoms with Gasteiger partial charge in [-0.2, -0.15) is 0 Å². The van der Waals surface area contributed by atoms with Crippen LogP contribution < -0.4 is 18.9 Å². The summed E-state index contributed by atoms with van der Waals surface area (Å²) in [5.41, 5.74) is 7.09. The van der Waals surface area contributed by atoms with Gasteiger partial charge < -0.3 is 23.9 Å². The Labute approximate surface area is 225 Å². The SMILES string of the molecule is COc1ccc2c(c1OC)CN1CCc3cc4c(cc3C1C2CCc1c[nH]c2ccc([N+](=O)[O-])cc12)OCO4. The van der Waals surface area contributed by atoms with Crippen LogP contribution in [-0.4, -0.2) is 42.4 Å². The van der Waals surface area contributed by atoms with Crippen LogP contribution in [0.25, 0.3) is 10.9 Å². The third-order valence-corrected chi connectivity index (χ3v) is 8.53. The van der Waals surface area contributed by atoms with Gasteiger partial charge in [-0.05, 0) is 65.8 Å². The van der Waals surface area contributed by atoms with Gasteiger partial charge in [0.25, 0.3) is 5.69 Å². The maximum atomic E-state index is 11.4. The maximum Gasteiger partial charge on any atom is 0.270 e. The zero-order valence-electron chi connectivity index (χ0n) is 21.9. The molecule has 0 saturated heterocycles. The normalized spacial score (nSPS) is 19.3. The number of H-pyrrole nitrogens is 1. The number of hydrogen-bond acceptors (Lipinski definition) is 7. The van der Waals surface area contributed by atoms with Gasteiger partial charge in [-0.1, -0.05) is 6.07 Å². The number of aryl methyl sites for hydroxylation is 1. The van der Waals surface area contributed by atoms with Crippen molar-refractivity contribution in [1.82, 2.24) is 9.88 Å². The maximum absolute atomic E-state index is 11.4. The predicted molar refractivity (Wildman–Crippen MR) is 145 cm³/mol. The van der Waals surface area contributed by atoms with Crippen molar-refractivity contribution in [2.24, 2.45) is 0 Å². The molecule has 9 heteroatoms. The molecule has 2 atom stereocenters. The first-order chi connectivity index (χ1) is 19.1. The molecule has 39 heavy (non-hydrogen) atoms. The van der Waals surface area contributed by atoms with E-state index in [0.717, 1.165) is 77.4 Å². The van der Waals surface area contributed by atoms with Crippen LogP contribution >= 0.6 is 0 Å². The zero-order valence-corrected chi connectivity index (χ0v) is 21.9. The van der Waals surface area contributed by atoms with Crippen LogP contribution in [0.3, 0.4) is 0 Å². The molecule has 0 spiro atoms. The number of nitro groups is 1. The Morgan fingerprint density at radius 1 is 1.08 bits per heavy atom. The summed E-state index contributed by atoms with van der Waals surface area (Å²) in [4.78, 5) is 16.9. The first-order valence-corrected chi connectivity index (χ1v) is 13.2. The van der Waals surface area contributed by atoms with E-state index in [1.165, 1.54) is 16.7 Å². The second kappa shape index (κ2) is 9.20. The summed E-state index contributed by atoms with van der Waals surface area (Å²) >= 11 is 0. The van der Waals surface area contributed by atoms with E-state index in [1.807, 2.05) is 12.3 Å². The number of fused-ring (bicyclic) bond motifs is 6. The highest BCUT2D eigenvalue weighted by molar-refractivity contribution is 5.85. The average molecular weight is 528 g/mol. The molecule has 3 aliphatic rings. The molecule has 0 bridgehead atoms. The summed E-state index contributed by atoms with van der Waals surface area (Å²) in [5.74, 6) is 3.31. The molecule has 3 aromatic carbocycles. The van der Waals surface area contributed by atoms with Crippen LogP contribution in [0, 0.1) is 10.1 Å². The predicted octanol–water partition coefficient (Wildman–Crippen LogP) is 5.65. The number of benzene rings is 3. The molecular formula is C30H29N3O6. The van der Waals surface area contributed by atoms with E-state index in [9.17, 15) is 10.1 Å². The third-order valence-electron chi connectivity index (χ3n) is 8.53. The number of nitro benzene ring substituents is 1. The molecule has 0 saturated carbocycles. The van der Waals surface area contributed by atoms with E-state index in [4.69, 9.17) is 18.9 Å². The van der Waals surface area contributed by atoms with Gasteiger partial charge in [-0.15, -0.1) is 0 Å². The van der Waals surface area contributed by atoms with Crippen molar-refractivity contribution in [2.75, 3.05) is 27.6 Å². The zero-order chi connectivity index (χ0) is 26.7. The number of rotatable bonds is 6. The van der Waals surface area contributed by atoms with Crippen LogP contribution in [-0.2, 0) is 19.4 Å². The molecule has 3 aliphatic heterocycles. The summed E-state index contributed by atoms with van der Waals surface area (Å²) in [6.45, 7) is 1.94. The highest BCUT2D eigenvalue weighted by atomic mass is 16.7. The number of ether oxygens (including phenoxy) is 4. The smallest absolute Gasteiger partial charge is 0.270 e. The van der Waals surface area contributed by atoms with Crippen molar-refractivity contribution in [1.29, 1.82) is 0 Å². The Balaban J connectivity index is 1.32. The quantitative estimate of drug-likeness (QED) is 0.255. The monoisotopic (exact) mass is 527 g/mol. The number of nitrogens with one attached hydrogen (secondary N) is 1. The van der Waals surface area contributed by atoms with Crippen LogP contribution in [0.1, 0.15) is 46.2 Å². The summed E-state index contributed by atoms with van der Waals surface area (Å²) in [7, 11) is 3.37. The van der Waals surface area contributed by atoms with Gasteiger partial charge in [-0.3, -0.25) is 15.0 Å². The standard InChI is InChI=1S/C30H29N3O6/c1-36-26-8-6-20-21(5-3-18-14-31-25-7-4-19(33(34)35)12-22(18)25)29-23-13-28-27(38-16-39-28)11-17(23)9-10-32(29)15-24(20)30(26)37-2/h4,6-8,11-14,21,29,31H,3,5,9-10,15-16H2,1-2H3. The first kappa shape index (κ1) is 23.8. The number of nitrogens with zero attached hydrogens (tertiary/aromatic N) is 2. The fraction of sp³-hybridized carbons (Fsp3) is 0.333. The van der Waals surface area contributed by atoms with Crippen LogP contribution in [0.2, 0.25) is 0 Å². The van der Waals surface area contributed by atoms with E-state index in [1.54, 1.807) is 32.4 Å². The lowest BCUT2D eigenvalue weighted by molar-refractivity contribution is -0.384. The van der Waals surface area contributed by atoms with Crippen LogP contribution in [0.5, 0.6) is 23.0 Å². The molecule has 7 rings (SSSR count). The van der Waals surface area contributed by atoms with Crippen molar-refractivity contribution >= 4 is 16.6 Å². The molecule has 0 aliphatic carbocycles. The molecule has 4 aromatic rings. The lowest BCUT2D eigenvalue weighted by Crippen LogP contribution is -2.42. The van der Waals surface area contributed by atoms with E-state index >= 15 is 0 Å². The van der Waals surface area contributed by atoms with Crippen molar-refractivity contribution in [3.05, 3.63) is 86.6 Å². The minimum atomic E-state index is -0.339. The summed E-state index contributed by atoms with van der Waals surface area (Å²) in [5, 5.41) is 12.3. The second-order valence-corrected chi connectivity index (χ2v) is 10.4. The lowest BCUT2D eigenvalue weighted by Gasteiger charge is -2.46. The molecule has 0 radical (unpaired) electrons. The number of non-ortho nitro benzene ring substituents is 1. The summed E-state index contributed by atoms with van der Waals surface area (Å²) in [6, 6.07) is 13.7. The van der Waals surface area contributed by atoms with E-state index in [2.05, 4.69) is 28.1 Å². The molecule has 2 unspecified atom stereocenters. The Hall–Kier alpha value is -4.24. The lowest BCUT2D eigenvalue weighted by atomic mass is 9.74. The Kier molecular flexibility index (Phi) is 5.62. The molecule has 0 amide bonds. The van der Waals surface area contributed by atoms with Crippen molar-refractivity contribution in [2.45, 2.75) is 37.8 Å². The Bertz CT molecular complexity index is 1610. The van der Waals surface area contributed by atoms with Gasteiger partial charge >= 0.3 is 0 Å². The summed E-state index contributed by atoms with van der Waals surface area (Å²) in [6.07, 6.45) is 4.54. The molecular weight excluding hydrogens is 498 g/mol. The minimum absolute atomic E-state index is 0.103. The van der Waals surface area contributed by atoms with Gasteiger partial charge in [0.15, 0.2) is 23.0 Å². The van der Waals surface area contributed by atoms with Crippen molar-refractivity contribution in [3.63, 3.8) is 0 Å². The largest absolute Gasteiger partial charge is 0.493 e. The minimum Gasteiger partial charge on any atom is -0.493 e. The van der Waals surface area contributed by atoms with E-state index < -0.39 is 0 Å². The van der Waals surface area contributed by atoms with Crippen LogP contribution in [0.15, 0.2) is 48.7 Å². The molecule has 0 fully saturated rings. The number of aromatic amines is 1. The number of methoxy groups -OCH3 is 2. The van der Waals surface area contributed by atoms with Gasteiger partial charge in [0.2, 0.25) is 6.79 Å². The molecule has 1 aromatic heterocycles. The van der Waals surface area contributed by atoms with E-state index in [-0.39, 0.29) is 29.4 Å². The molecule has 200 valence electrons. The topological polar surface area (TPSA) is 99.1 Å². The molecule has 4 heterocycles.